The van der Waals surface area contributed by atoms with Crippen LogP contribution in [-0.4, -0.2) is 20.4 Å². The molecule has 0 saturated carbocycles. The lowest BCUT2D eigenvalue weighted by molar-refractivity contribution is 0.174. The van der Waals surface area contributed by atoms with Gasteiger partial charge in [0.25, 0.3) is 0 Å². The Hall–Kier alpha value is -2.20. The van der Waals surface area contributed by atoms with Crippen LogP contribution in [0.2, 0.25) is 0 Å². The van der Waals surface area contributed by atoms with Gasteiger partial charge in [-0.25, -0.2) is 0 Å². The first-order chi connectivity index (χ1) is 11.2. The smallest absolute Gasteiger partial charge is 0.231 e. The molecule has 0 aliphatic carbocycles. The largest absolute Gasteiger partial charge is 0.496 e. The minimum absolute atomic E-state index is 0.179. The molecule has 2 aromatic carbocycles. The lowest BCUT2D eigenvalue weighted by Gasteiger charge is -2.29. The molecule has 4 heteroatoms. The van der Waals surface area contributed by atoms with Gasteiger partial charge >= 0.3 is 0 Å². The van der Waals surface area contributed by atoms with Gasteiger partial charge in [0, 0.05) is 6.54 Å². The van der Waals surface area contributed by atoms with E-state index in [1.54, 1.807) is 7.11 Å². The van der Waals surface area contributed by atoms with Gasteiger partial charge in [-0.2, -0.15) is 0 Å². The summed E-state index contributed by atoms with van der Waals surface area (Å²) in [7, 11) is 1.72. The minimum atomic E-state index is 0.179. The van der Waals surface area contributed by atoms with Crippen molar-refractivity contribution in [1.82, 2.24) is 5.32 Å². The normalized spacial score (nSPS) is 18.7. The average Bonchev–Trinajstić information content (AvgIpc) is 3.02. The van der Waals surface area contributed by atoms with Crippen LogP contribution < -0.4 is 19.5 Å². The Morgan fingerprint density at radius 2 is 1.83 bits per heavy atom. The first kappa shape index (κ1) is 14.4. The van der Waals surface area contributed by atoms with Crippen LogP contribution in [-0.2, 0) is 6.42 Å². The molecule has 0 fully saturated rings. The number of nitrogens with one attached hydrogen (secondary N) is 1. The molecule has 0 bridgehead atoms. The zero-order valence-electron chi connectivity index (χ0n) is 13.7. The fourth-order valence-corrected chi connectivity index (χ4v) is 3.57. The Morgan fingerprint density at radius 3 is 2.61 bits per heavy atom. The third kappa shape index (κ3) is 2.25. The van der Waals surface area contributed by atoms with E-state index in [1.165, 1.54) is 27.8 Å². The third-order valence-corrected chi connectivity index (χ3v) is 5.00. The molecule has 23 heavy (non-hydrogen) atoms. The van der Waals surface area contributed by atoms with Crippen LogP contribution >= 0.6 is 0 Å². The molecule has 120 valence electrons. The van der Waals surface area contributed by atoms with Crippen molar-refractivity contribution >= 4 is 0 Å². The van der Waals surface area contributed by atoms with Gasteiger partial charge in [-0.1, -0.05) is 6.07 Å². The van der Waals surface area contributed by atoms with Gasteiger partial charge in [-0.05, 0) is 66.3 Å². The van der Waals surface area contributed by atoms with E-state index >= 15 is 0 Å². The van der Waals surface area contributed by atoms with E-state index in [0.29, 0.717) is 6.79 Å². The molecule has 1 N–H and O–H groups in total. The Labute approximate surface area is 136 Å². The standard InChI is InChI=1S/C19H21NO3/c1-11-12(2)16(21-3)5-4-14(11)19-15-9-18-17(22-10-23-18)8-13(15)6-7-20-19/h4-5,8-9,19-20H,6-7,10H2,1-3H3. The lowest BCUT2D eigenvalue weighted by Crippen LogP contribution is -2.31. The van der Waals surface area contributed by atoms with Gasteiger partial charge in [-0.15, -0.1) is 0 Å². The van der Waals surface area contributed by atoms with Gasteiger partial charge in [0.1, 0.15) is 5.75 Å². The van der Waals surface area contributed by atoms with Crippen molar-refractivity contribution in [1.29, 1.82) is 0 Å². The molecule has 4 nitrogen and oxygen atoms in total. The number of ether oxygens (including phenoxy) is 3. The summed E-state index contributed by atoms with van der Waals surface area (Å²) in [5, 5.41) is 3.65. The first-order valence-corrected chi connectivity index (χ1v) is 7.99. The molecule has 0 saturated heterocycles. The van der Waals surface area contributed by atoms with E-state index in [2.05, 4.69) is 43.4 Å². The molecule has 4 rings (SSSR count). The second-order valence-corrected chi connectivity index (χ2v) is 6.15. The van der Waals surface area contributed by atoms with Gasteiger partial charge in [0.15, 0.2) is 11.5 Å². The summed E-state index contributed by atoms with van der Waals surface area (Å²) >= 11 is 0. The molecular formula is C19H21NO3. The van der Waals surface area contributed by atoms with Crippen molar-refractivity contribution in [3.8, 4) is 17.2 Å². The predicted octanol–water partition coefficient (Wildman–Crippen LogP) is 3.28. The average molecular weight is 311 g/mol. The monoisotopic (exact) mass is 311 g/mol. The van der Waals surface area contributed by atoms with Gasteiger partial charge in [-0.3, -0.25) is 0 Å². The molecule has 1 unspecified atom stereocenters. The van der Waals surface area contributed by atoms with E-state index in [0.717, 1.165) is 30.2 Å². The molecule has 2 aliphatic heterocycles. The van der Waals surface area contributed by atoms with E-state index < -0.39 is 0 Å². The summed E-state index contributed by atoms with van der Waals surface area (Å²) in [5.74, 6) is 2.65. The van der Waals surface area contributed by atoms with Gasteiger partial charge in [0.05, 0.1) is 13.2 Å². The molecule has 0 spiro atoms. The van der Waals surface area contributed by atoms with Crippen molar-refractivity contribution < 1.29 is 14.2 Å². The molecule has 0 amide bonds. The zero-order valence-corrected chi connectivity index (χ0v) is 13.7. The van der Waals surface area contributed by atoms with E-state index in [-0.39, 0.29) is 6.04 Å². The Morgan fingerprint density at radius 1 is 1.04 bits per heavy atom. The first-order valence-electron chi connectivity index (χ1n) is 7.99. The van der Waals surface area contributed by atoms with Gasteiger partial charge < -0.3 is 19.5 Å². The van der Waals surface area contributed by atoms with Crippen molar-refractivity contribution in [3.05, 3.63) is 52.1 Å². The summed E-state index contributed by atoms with van der Waals surface area (Å²) in [6, 6.07) is 8.67. The molecule has 0 radical (unpaired) electrons. The highest BCUT2D eigenvalue weighted by molar-refractivity contribution is 5.54. The summed E-state index contributed by atoms with van der Waals surface area (Å²) in [5.41, 5.74) is 6.38. The second-order valence-electron chi connectivity index (χ2n) is 6.15. The fourth-order valence-electron chi connectivity index (χ4n) is 3.57. The minimum Gasteiger partial charge on any atom is -0.496 e. The maximum Gasteiger partial charge on any atom is 0.231 e. The molecular weight excluding hydrogens is 290 g/mol. The maximum atomic E-state index is 5.57. The Bertz CT molecular complexity index is 770. The number of benzene rings is 2. The lowest BCUT2D eigenvalue weighted by atomic mass is 9.86. The maximum absolute atomic E-state index is 5.57. The topological polar surface area (TPSA) is 39.7 Å². The van der Waals surface area contributed by atoms with E-state index in [1.807, 2.05) is 0 Å². The highest BCUT2D eigenvalue weighted by Crippen LogP contribution is 2.41. The van der Waals surface area contributed by atoms with Crippen molar-refractivity contribution in [2.24, 2.45) is 0 Å². The van der Waals surface area contributed by atoms with E-state index in [4.69, 9.17) is 14.2 Å². The molecule has 1 atom stereocenters. The summed E-state index contributed by atoms with van der Waals surface area (Å²) in [6.45, 7) is 5.55. The number of rotatable bonds is 2. The molecule has 2 heterocycles. The fraction of sp³-hybridized carbons (Fsp3) is 0.368. The van der Waals surface area contributed by atoms with Crippen LogP contribution in [0.25, 0.3) is 0 Å². The van der Waals surface area contributed by atoms with Crippen molar-refractivity contribution in [3.63, 3.8) is 0 Å². The highest BCUT2D eigenvalue weighted by atomic mass is 16.7. The quantitative estimate of drug-likeness (QED) is 0.924. The molecule has 2 aliphatic rings. The predicted molar refractivity (Wildman–Crippen MR) is 88.6 cm³/mol. The summed E-state index contributed by atoms with van der Waals surface area (Å²) < 4.78 is 16.5. The SMILES string of the molecule is COc1ccc(C2NCCc3cc4c(cc32)OCO4)c(C)c1C. The van der Waals surface area contributed by atoms with Crippen LogP contribution in [0, 0.1) is 13.8 Å². The summed E-state index contributed by atoms with van der Waals surface area (Å²) in [6.07, 6.45) is 1.01. The Kier molecular flexibility index (Phi) is 3.42. The van der Waals surface area contributed by atoms with Crippen LogP contribution in [0.15, 0.2) is 24.3 Å². The number of hydrogen-bond donors (Lipinski definition) is 1. The van der Waals surface area contributed by atoms with Crippen molar-refractivity contribution in [2.75, 3.05) is 20.4 Å². The number of hydrogen-bond acceptors (Lipinski definition) is 4. The number of fused-ring (bicyclic) bond motifs is 2. The molecule has 2 aromatic rings. The van der Waals surface area contributed by atoms with Crippen LogP contribution in [0.4, 0.5) is 0 Å². The van der Waals surface area contributed by atoms with Crippen LogP contribution in [0.5, 0.6) is 17.2 Å². The highest BCUT2D eigenvalue weighted by Gasteiger charge is 2.27. The number of methoxy groups -OCH3 is 1. The van der Waals surface area contributed by atoms with Crippen LogP contribution in [0.3, 0.4) is 0 Å². The van der Waals surface area contributed by atoms with Gasteiger partial charge in [0.2, 0.25) is 6.79 Å². The Balaban J connectivity index is 1.82. The zero-order chi connectivity index (χ0) is 16.0. The van der Waals surface area contributed by atoms with Crippen molar-refractivity contribution in [2.45, 2.75) is 26.3 Å². The summed E-state index contributed by atoms with van der Waals surface area (Å²) in [4.78, 5) is 0. The van der Waals surface area contributed by atoms with E-state index in [9.17, 15) is 0 Å². The third-order valence-electron chi connectivity index (χ3n) is 5.00. The second kappa shape index (κ2) is 5.46. The van der Waals surface area contributed by atoms with Crippen LogP contribution in [0.1, 0.15) is 33.9 Å². The molecule has 0 aromatic heterocycles.